The molecule has 0 aliphatic carbocycles. The van der Waals surface area contributed by atoms with Crippen LogP contribution in [0.3, 0.4) is 0 Å². The Balaban J connectivity index is 1.87. The Morgan fingerprint density at radius 3 is 2.25 bits per heavy atom. The number of carbonyl (C=O) groups excluding carboxylic acids is 1. The topological polar surface area (TPSA) is 75.3 Å². The van der Waals surface area contributed by atoms with Gasteiger partial charge in [0.25, 0.3) is 15.9 Å². The Kier molecular flexibility index (Phi) is 6.74. The summed E-state index contributed by atoms with van der Waals surface area (Å²) in [6.07, 6.45) is 0. The number of benzene rings is 3. The van der Waals surface area contributed by atoms with Crippen LogP contribution in [-0.4, -0.2) is 14.3 Å². The number of sulfonamides is 1. The molecule has 1 amide bonds. The van der Waals surface area contributed by atoms with Crippen molar-refractivity contribution in [1.82, 2.24) is 5.32 Å². The smallest absolute Gasteiger partial charge is 0.262 e. The first kappa shape index (κ1) is 23.5. The van der Waals surface area contributed by atoms with Crippen LogP contribution >= 0.6 is 0 Å². The molecule has 3 rings (SSSR count). The van der Waals surface area contributed by atoms with E-state index in [4.69, 9.17) is 0 Å². The average Bonchev–Trinajstić information content (AvgIpc) is 2.71. The van der Waals surface area contributed by atoms with Gasteiger partial charge in [-0.15, -0.1) is 0 Å². The van der Waals surface area contributed by atoms with E-state index in [-0.39, 0.29) is 16.8 Å². The first-order valence-corrected chi connectivity index (χ1v) is 12.1. The lowest BCUT2D eigenvalue weighted by Gasteiger charge is -2.18. The third-order valence-corrected chi connectivity index (χ3v) is 7.34. The molecule has 0 saturated carbocycles. The lowest BCUT2D eigenvalue weighted by molar-refractivity contribution is 0.0939. The highest BCUT2D eigenvalue weighted by atomic mass is 32.2. The van der Waals surface area contributed by atoms with Gasteiger partial charge in [-0.3, -0.25) is 9.52 Å². The lowest BCUT2D eigenvalue weighted by atomic mass is 10.00. The van der Waals surface area contributed by atoms with Gasteiger partial charge in [-0.25, -0.2) is 8.42 Å². The monoisotopic (exact) mass is 450 g/mol. The van der Waals surface area contributed by atoms with Gasteiger partial charge >= 0.3 is 0 Å². The number of amides is 1. The average molecular weight is 451 g/mol. The molecular weight excluding hydrogens is 420 g/mol. The highest BCUT2D eigenvalue weighted by Crippen LogP contribution is 2.25. The highest BCUT2D eigenvalue weighted by molar-refractivity contribution is 7.92. The molecule has 0 spiro atoms. The molecule has 1 atom stereocenters. The second-order valence-corrected chi connectivity index (χ2v) is 10.0. The maximum atomic E-state index is 13.1. The van der Waals surface area contributed by atoms with Crippen molar-refractivity contribution in [3.8, 4) is 0 Å². The molecule has 2 N–H and O–H groups in total. The predicted molar refractivity (Wildman–Crippen MR) is 130 cm³/mol. The molecule has 0 fully saturated rings. The van der Waals surface area contributed by atoms with Gasteiger partial charge in [0, 0.05) is 5.56 Å². The van der Waals surface area contributed by atoms with Gasteiger partial charge < -0.3 is 5.32 Å². The zero-order valence-corrected chi connectivity index (χ0v) is 20.2. The number of aryl methyl sites for hydroxylation is 4. The van der Waals surface area contributed by atoms with E-state index in [9.17, 15) is 13.2 Å². The van der Waals surface area contributed by atoms with Crippen LogP contribution in [0.4, 0.5) is 5.69 Å². The fourth-order valence-electron chi connectivity index (χ4n) is 3.76. The van der Waals surface area contributed by atoms with Crippen molar-refractivity contribution in [3.63, 3.8) is 0 Å². The Labute approximate surface area is 190 Å². The van der Waals surface area contributed by atoms with E-state index in [2.05, 4.69) is 16.1 Å². The molecule has 32 heavy (non-hydrogen) atoms. The summed E-state index contributed by atoms with van der Waals surface area (Å²) in [5.74, 6) is -0.319. The molecule has 0 aliphatic heterocycles. The number of anilines is 1. The van der Waals surface area contributed by atoms with Crippen molar-refractivity contribution in [1.29, 1.82) is 0 Å². The third kappa shape index (κ3) is 5.02. The molecule has 6 heteroatoms. The number of carbonyl (C=O) groups is 1. The Hall–Kier alpha value is -3.12. The van der Waals surface area contributed by atoms with Crippen molar-refractivity contribution >= 4 is 21.6 Å². The second-order valence-electron chi connectivity index (χ2n) is 8.39. The molecule has 168 valence electrons. The molecule has 3 aromatic carbocycles. The maximum Gasteiger partial charge on any atom is 0.262 e. The molecule has 0 aromatic heterocycles. The van der Waals surface area contributed by atoms with Crippen molar-refractivity contribution in [2.45, 2.75) is 52.5 Å². The molecule has 3 aromatic rings. The predicted octanol–water partition coefficient (Wildman–Crippen LogP) is 5.52. The van der Waals surface area contributed by atoms with Gasteiger partial charge in [0.1, 0.15) is 0 Å². The fourth-order valence-corrected chi connectivity index (χ4v) is 5.16. The van der Waals surface area contributed by atoms with Crippen molar-refractivity contribution in [2.24, 2.45) is 0 Å². The molecule has 5 nitrogen and oxygen atoms in total. The van der Waals surface area contributed by atoms with Gasteiger partial charge in [0.05, 0.1) is 16.6 Å². The van der Waals surface area contributed by atoms with Crippen LogP contribution in [0.1, 0.15) is 56.7 Å². The highest BCUT2D eigenvalue weighted by Gasteiger charge is 2.21. The van der Waals surface area contributed by atoms with Gasteiger partial charge in [-0.1, -0.05) is 42.0 Å². The summed E-state index contributed by atoms with van der Waals surface area (Å²) >= 11 is 0. The van der Waals surface area contributed by atoms with Gasteiger partial charge in [-0.2, -0.15) is 0 Å². The third-order valence-electron chi connectivity index (χ3n) is 5.83. The van der Waals surface area contributed by atoms with E-state index in [0.717, 1.165) is 27.8 Å². The Morgan fingerprint density at radius 2 is 1.56 bits per heavy atom. The van der Waals surface area contributed by atoms with Crippen molar-refractivity contribution < 1.29 is 13.2 Å². The second kappa shape index (κ2) is 9.17. The number of rotatable bonds is 6. The van der Waals surface area contributed by atoms with Crippen LogP contribution in [0.5, 0.6) is 0 Å². The zero-order valence-electron chi connectivity index (χ0n) is 19.4. The largest absolute Gasteiger partial charge is 0.346 e. The first-order valence-electron chi connectivity index (χ1n) is 10.6. The molecule has 0 bridgehead atoms. The summed E-state index contributed by atoms with van der Waals surface area (Å²) < 4.78 is 28.9. The standard InChI is InChI=1S/C26H30N2O3S/c1-16-10-13-23(19(4)14-16)21(6)27-26(29)22-12-11-18(3)25(15-22)32(30,31)28-24-9-7-8-17(2)20(24)5/h7-15,21,28H,1-6H3,(H,27,29)/t21-/m1/s1. The minimum Gasteiger partial charge on any atom is -0.346 e. The van der Waals surface area contributed by atoms with Gasteiger partial charge in [0.15, 0.2) is 0 Å². The van der Waals surface area contributed by atoms with Gasteiger partial charge in [0.2, 0.25) is 0 Å². The van der Waals surface area contributed by atoms with E-state index in [1.165, 1.54) is 6.07 Å². The molecule has 0 aliphatic rings. The van der Waals surface area contributed by atoms with Gasteiger partial charge in [-0.05, 0) is 87.6 Å². The summed E-state index contributed by atoms with van der Waals surface area (Å²) in [6, 6.07) is 16.1. The molecule has 0 unspecified atom stereocenters. The van der Waals surface area contributed by atoms with Crippen LogP contribution in [0.25, 0.3) is 0 Å². The zero-order chi connectivity index (χ0) is 23.6. The molecule has 0 saturated heterocycles. The maximum absolute atomic E-state index is 13.1. The Bertz CT molecular complexity index is 1280. The van der Waals surface area contributed by atoms with Crippen molar-refractivity contribution in [3.05, 3.63) is 93.5 Å². The molecular formula is C26H30N2O3S. The number of hydrogen-bond donors (Lipinski definition) is 2. The Morgan fingerprint density at radius 1 is 0.844 bits per heavy atom. The van der Waals surface area contributed by atoms with E-state index >= 15 is 0 Å². The summed E-state index contributed by atoms with van der Waals surface area (Å²) in [7, 11) is -3.86. The van der Waals surface area contributed by atoms with E-state index in [1.807, 2.05) is 58.9 Å². The minimum atomic E-state index is -3.86. The SMILES string of the molecule is Cc1ccc([C@@H](C)NC(=O)c2ccc(C)c(S(=O)(=O)Nc3cccc(C)c3C)c2)c(C)c1. The van der Waals surface area contributed by atoms with E-state index < -0.39 is 10.0 Å². The van der Waals surface area contributed by atoms with Crippen LogP contribution in [0, 0.1) is 34.6 Å². The molecule has 0 radical (unpaired) electrons. The number of hydrogen-bond acceptors (Lipinski definition) is 3. The van der Waals surface area contributed by atoms with Crippen LogP contribution in [-0.2, 0) is 10.0 Å². The van der Waals surface area contributed by atoms with E-state index in [0.29, 0.717) is 16.8 Å². The lowest BCUT2D eigenvalue weighted by Crippen LogP contribution is -2.27. The van der Waals surface area contributed by atoms with Crippen LogP contribution in [0.15, 0.2) is 59.5 Å². The van der Waals surface area contributed by atoms with Crippen LogP contribution < -0.4 is 10.0 Å². The molecule has 0 heterocycles. The summed E-state index contributed by atoms with van der Waals surface area (Å²) in [4.78, 5) is 13.0. The fraction of sp³-hybridized carbons (Fsp3) is 0.269. The van der Waals surface area contributed by atoms with E-state index in [1.54, 1.807) is 25.1 Å². The quantitative estimate of drug-likeness (QED) is 0.519. The normalized spacial score (nSPS) is 12.3. The first-order chi connectivity index (χ1) is 15.0. The van der Waals surface area contributed by atoms with Crippen molar-refractivity contribution in [2.75, 3.05) is 4.72 Å². The number of nitrogens with one attached hydrogen (secondary N) is 2. The minimum absolute atomic E-state index is 0.0882. The summed E-state index contributed by atoms with van der Waals surface area (Å²) in [5, 5.41) is 2.98. The summed E-state index contributed by atoms with van der Waals surface area (Å²) in [6.45, 7) is 11.5. The van der Waals surface area contributed by atoms with Crippen LogP contribution in [0.2, 0.25) is 0 Å². The summed E-state index contributed by atoms with van der Waals surface area (Å²) in [5.41, 5.74) is 6.55.